The summed E-state index contributed by atoms with van der Waals surface area (Å²) >= 11 is 0. The van der Waals surface area contributed by atoms with E-state index in [2.05, 4.69) is 14.7 Å². The molecule has 4 aromatic rings. The summed E-state index contributed by atoms with van der Waals surface area (Å²) in [6, 6.07) is 12.4. The van der Waals surface area contributed by atoms with Crippen LogP contribution in [0.4, 0.5) is 18.9 Å². The first kappa shape index (κ1) is 24.8. The molecule has 1 aliphatic heterocycles. The van der Waals surface area contributed by atoms with Crippen molar-refractivity contribution in [1.82, 2.24) is 14.9 Å². The number of aromatic nitrogens is 2. The van der Waals surface area contributed by atoms with Gasteiger partial charge < -0.3 is 10.0 Å². The van der Waals surface area contributed by atoms with E-state index in [1.165, 1.54) is 41.6 Å². The largest absolute Gasteiger partial charge is 0.385 e. The van der Waals surface area contributed by atoms with Gasteiger partial charge in [0.05, 0.1) is 21.7 Å². The van der Waals surface area contributed by atoms with Crippen molar-refractivity contribution in [2.24, 2.45) is 0 Å². The highest BCUT2D eigenvalue weighted by atomic mass is 32.2. The summed E-state index contributed by atoms with van der Waals surface area (Å²) in [5.41, 5.74) is -0.793. The molecule has 37 heavy (non-hydrogen) atoms. The Morgan fingerprint density at radius 2 is 1.70 bits per heavy atom. The van der Waals surface area contributed by atoms with E-state index in [0.717, 1.165) is 12.1 Å². The Kier molecular flexibility index (Phi) is 6.65. The van der Waals surface area contributed by atoms with E-state index >= 15 is 0 Å². The second kappa shape index (κ2) is 9.91. The lowest BCUT2D eigenvalue weighted by molar-refractivity contribution is -0.0240. The average Bonchev–Trinajstić information content (AvgIpc) is 2.91. The summed E-state index contributed by atoms with van der Waals surface area (Å²) in [6.07, 6.45) is 2.98. The van der Waals surface area contributed by atoms with Gasteiger partial charge >= 0.3 is 0 Å². The van der Waals surface area contributed by atoms with Crippen LogP contribution in [0.25, 0.3) is 11.0 Å². The average molecular weight is 527 g/mol. The molecule has 1 amide bonds. The molecule has 7 nitrogen and oxygen atoms in total. The van der Waals surface area contributed by atoms with Crippen LogP contribution in [0.1, 0.15) is 28.8 Å². The van der Waals surface area contributed by atoms with Crippen molar-refractivity contribution < 1.29 is 27.3 Å². The molecule has 2 N–H and O–H groups in total. The van der Waals surface area contributed by atoms with Gasteiger partial charge in [-0.15, -0.1) is 0 Å². The number of para-hydroxylation sites is 1. The minimum Gasteiger partial charge on any atom is -0.385 e. The highest BCUT2D eigenvalue weighted by Gasteiger charge is 2.38. The number of nitrogens with zero attached hydrogens (tertiary/aromatic N) is 3. The highest BCUT2D eigenvalue weighted by Crippen LogP contribution is 2.35. The van der Waals surface area contributed by atoms with Gasteiger partial charge in [0.1, 0.15) is 11.3 Å². The molecule has 1 saturated heterocycles. The lowest BCUT2D eigenvalue weighted by Crippen LogP contribution is -2.45. The van der Waals surface area contributed by atoms with E-state index in [9.17, 15) is 27.3 Å². The van der Waals surface area contributed by atoms with Gasteiger partial charge in [0.15, 0.2) is 22.6 Å². The van der Waals surface area contributed by atoms with Crippen molar-refractivity contribution >= 4 is 33.6 Å². The number of piperidine rings is 1. The quantitative estimate of drug-likeness (QED) is 0.404. The van der Waals surface area contributed by atoms with Crippen molar-refractivity contribution in [3.05, 3.63) is 95.6 Å². The minimum absolute atomic E-state index is 0.00581. The number of hydrogen-bond donors (Lipinski definition) is 2. The van der Waals surface area contributed by atoms with Crippen LogP contribution in [-0.4, -0.2) is 43.2 Å². The zero-order valence-corrected chi connectivity index (χ0v) is 20.1. The molecule has 0 saturated carbocycles. The molecular weight excluding hydrogens is 505 g/mol. The molecular formula is C26H21F3N4O3S. The monoisotopic (exact) mass is 526 g/mol. The standard InChI is InChI=1S/C26H21F3N4O3S/c27-18-4-1-3-17(23(18)29)26(35)9-13-33(14-10-26)25(34)16-7-8-20(19(28)15-16)32-37(36)22-6-2-5-21-24(22)31-12-11-30-21/h1-8,11-12,15,32,35H,9-10,13-14H2. The van der Waals surface area contributed by atoms with E-state index in [0.29, 0.717) is 15.9 Å². The number of carbonyl (C=O) groups excluding carboxylic acids is 1. The van der Waals surface area contributed by atoms with Crippen LogP contribution in [0.15, 0.2) is 71.9 Å². The number of anilines is 1. The van der Waals surface area contributed by atoms with Crippen LogP contribution in [0, 0.1) is 17.5 Å². The molecule has 11 heteroatoms. The third-order valence-electron chi connectivity index (χ3n) is 6.41. The van der Waals surface area contributed by atoms with E-state index < -0.39 is 39.9 Å². The Morgan fingerprint density at radius 3 is 2.46 bits per heavy atom. The first-order chi connectivity index (χ1) is 17.8. The number of nitrogens with one attached hydrogen (secondary N) is 1. The van der Waals surface area contributed by atoms with Gasteiger partial charge in [-0.1, -0.05) is 18.2 Å². The summed E-state index contributed by atoms with van der Waals surface area (Å²) in [5, 5.41) is 10.9. The third-order valence-corrected chi connectivity index (χ3v) is 7.55. The van der Waals surface area contributed by atoms with Crippen LogP contribution in [0.2, 0.25) is 0 Å². The SMILES string of the molecule is O=C(c1ccc(NS(=O)c2cccc3nccnc23)c(F)c1)N1CCC(O)(c2cccc(F)c2F)CC1. The lowest BCUT2D eigenvalue weighted by atomic mass is 9.84. The van der Waals surface area contributed by atoms with Gasteiger partial charge in [0.2, 0.25) is 0 Å². The molecule has 0 aliphatic carbocycles. The summed E-state index contributed by atoms with van der Waals surface area (Å²) in [4.78, 5) is 23.1. The topological polar surface area (TPSA) is 95.4 Å². The van der Waals surface area contributed by atoms with Crippen LogP contribution in [0.5, 0.6) is 0 Å². The Hall–Kier alpha value is -3.83. The number of aliphatic hydroxyl groups is 1. The van der Waals surface area contributed by atoms with Gasteiger partial charge in [0.25, 0.3) is 5.91 Å². The van der Waals surface area contributed by atoms with Gasteiger partial charge in [-0.2, -0.15) is 0 Å². The van der Waals surface area contributed by atoms with Crippen molar-refractivity contribution in [3.63, 3.8) is 0 Å². The van der Waals surface area contributed by atoms with Crippen molar-refractivity contribution in [2.75, 3.05) is 17.8 Å². The van der Waals surface area contributed by atoms with E-state index in [1.807, 2.05) is 0 Å². The molecule has 1 aliphatic rings. The van der Waals surface area contributed by atoms with Gasteiger partial charge in [-0.25, -0.2) is 17.4 Å². The fourth-order valence-corrected chi connectivity index (χ4v) is 5.41. The second-order valence-electron chi connectivity index (χ2n) is 8.67. The zero-order valence-electron chi connectivity index (χ0n) is 19.3. The number of likely N-dealkylation sites (tertiary alicyclic amines) is 1. The third kappa shape index (κ3) is 4.79. The Labute approximate surface area is 212 Å². The molecule has 190 valence electrons. The number of rotatable bonds is 5. The van der Waals surface area contributed by atoms with Crippen LogP contribution in [-0.2, 0) is 16.6 Å². The maximum Gasteiger partial charge on any atom is 0.253 e. The minimum atomic E-state index is -1.84. The maximum absolute atomic E-state index is 14.9. The van der Waals surface area contributed by atoms with Crippen molar-refractivity contribution in [1.29, 1.82) is 0 Å². The molecule has 5 rings (SSSR count). The number of hydrogen-bond acceptors (Lipinski definition) is 5. The zero-order chi connectivity index (χ0) is 26.2. The van der Waals surface area contributed by atoms with Crippen LogP contribution < -0.4 is 4.72 Å². The molecule has 0 bridgehead atoms. The molecule has 1 fully saturated rings. The van der Waals surface area contributed by atoms with Gasteiger partial charge in [-0.05, 0) is 49.2 Å². The van der Waals surface area contributed by atoms with Crippen LogP contribution in [0.3, 0.4) is 0 Å². The number of carbonyl (C=O) groups is 1. The van der Waals surface area contributed by atoms with Gasteiger partial charge in [-0.3, -0.25) is 19.5 Å². The molecule has 1 atom stereocenters. The number of fused-ring (bicyclic) bond motifs is 1. The summed E-state index contributed by atoms with van der Waals surface area (Å²) in [6.45, 7) is 0.137. The second-order valence-corrected chi connectivity index (χ2v) is 9.85. The van der Waals surface area contributed by atoms with Gasteiger partial charge in [0, 0.05) is 36.6 Å². The summed E-state index contributed by atoms with van der Waals surface area (Å²) in [5.74, 6) is -3.41. The van der Waals surface area contributed by atoms with Crippen LogP contribution >= 0.6 is 0 Å². The Bertz CT molecular complexity index is 1520. The summed E-state index contributed by atoms with van der Waals surface area (Å²) in [7, 11) is -1.84. The fraction of sp³-hybridized carbons (Fsp3) is 0.192. The number of halogens is 3. The first-order valence-electron chi connectivity index (χ1n) is 11.4. The predicted molar refractivity (Wildman–Crippen MR) is 131 cm³/mol. The lowest BCUT2D eigenvalue weighted by Gasteiger charge is -2.38. The van der Waals surface area contributed by atoms with E-state index in [4.69, 9.17) is 0 Å². The molecule has 0 spiro atoms. The molecule has 2 heterocycles. The number of benzene rings is 3. The molecule has 3 aromatic carbocycles. The fourth-order valence-electron chi connectivity index (χ4n) is 4.40. The van der Waals surface area contributed by atoms with E-state index in [1.54, 1.807) is 18.2 Å². The molecule has 0 radical (unpaired) electrons. The Balaban J connectivity index is 1.28. The van der Waals surface area contributed by atoms with Crippen molar-refractivity contribution in [3.8, 4) is 0 Å². The predicted octanol–water partition coefficient (Wildman–Crippen LogP) is 4.31. The number of amides is 1. The first-order valence-corrected chi connectivity index (χ1v) is 12.6. The van der Waals surface area contributed by atoms with E-state index in [-0.39, 0.29) is 42.7 Å². The molecule has 1 aromatic heterocycles. The Morgan fingerprint density at radius 1 is 0.973 bits per heavy atom. The smallest absolute Gasteiger partial charge is 0.253 e. The molecule has 1 unspecified atom stereocenters. The summed E-state index contributed by atoms with van der Waals surface area (Å²) < 4.78 is 58.2. The highest BCUT2D eigenvalue weighted by molar-refractivity contribution is 7.86. The normalized spacial score (nSPS) is 15.9. The van der Waals surface area contributed by atoms with Crippen molar-refractivity contribution in [2.45, 2.75) is 23.3 Å². The maximum atomic E-state index is 14.9.